The van der Waals surface area contributed by atoms with Gasteiger partial charge in [0.2, 0.25) is 0 Å². The summed E-state index contributed by atoms with van der Waals surface area (Å²) in [6, 6.07) is 19.0. The van der Waals surface area contributed by atoms with Crippen molar-refractivity contribution in [3.63, 3.8) is 0 Å². The van der Waals surface area contributed by atoms with E-state index in [2.05, 4.69) is 10.9 Å². The second kappa shape index (κ2) is 6.80. The summed E-state index contributed by atoms with van der Waals surface area (Å²) in [5.74, 6) is 2.32. The lowest BCUT2D eigenvalue weighted by Gasteiger charge is -2.03. The van der Waals surface area contributed by atoms with E-state index in [1.807, 2.05) is 53.1 Å². The number of hydrogen-bond acceptors (Lipinski definition) is 2. The third-order valence-corrected chi connectivity index (χ3v) is 5.47. The van der Waals surface area contributed by atoms with Crippen LogP contribution in [0.25, 0.3) is 21.0 Å². The Morgan fingerprint density at radius 3 is 2.73 bits per heavy atom. The number of para-hydroxylation sites is 1. The molecule has 0 aliphatic carbocycles. The highest BCUT2D eigenvalue weighted by Crippen LogP contribution is 2.25. The highest BCUT2D eigenvalue weighted by molar-refractivity contribution is 7.16. The van der Waals surface area contributed by atoms with Crippen molar-refractivity contribution in [2.45, 2.75) is 6.54 Å². The number of nitrogens with zero attached hydrogens (tertiary/aromatic N) is 2. The van der Waals surface area contributed by atoms with Crippen LogP contribution in [0.4, 0.5) is 0 Å². The average Bonchev–Trinajstić information content (AvgIpc) is 3.00. The molecule has 0 spiro atoms. The van der Waals surface area contributed by atoms with Crippen molar-refractivity contribution in [1.82, 2.24) is 4.57 Å². The Bertz CT molecular complexity index is 1260. The lowest BCUT2D eigenvalue weighted by molar-refractivity contribution is 0.0999. The van der Waals surface area contributed by atoms with Gasteiger partial charge in [-0.2, -0.15) is 4.99 Å². The van der Waals surface area contributed by atoms with E-state index in [9.17, 15) is 4.79 Å². The predicted molar refractivity (Wildman–Crippen MR) is 107 cm³/mol. The molecule has 5 heteroatoms. The van der Waals surface area contributed by atoms with Gasteiger partial charge in [-0.1, -0.05) is 71.3 Å². The Kier molecular flexibility index (Phi) is 4.34. The van der Waals surface area contributed by atoms with E-state index in [0.717, 1.165) is 21.0 Å². The molecule has 0 atom stereocenters. The highest BCUT2D eigenvalue weighted by Gasteiger charge is 2.12. The summed E-state index contributed by atoms with van der Waals surface area (Å²) in [4.78, 5) is 17.8. The molecule has 26 heavy (non-hydrogen) atoms. The van der Waals surface area contributed by atoms with E-state index < -0.39 is 0 Å². The van der Waals surface area contributed by atoms with Crippen LogP contribution in [0.5, 0.6) is 0 Å². The number of aromatic nitrogens is 1. The van der Waals surface area contributed by atoms with Crippen molar-refractivity contribution in [1.29, 1.82) is 0 Å². The number of thiazole rings is 1. The first-order chi connectivity index (χ1) is 12.7. The first kappa shape index (κ1) is 16.6. The fourth-order valence-corrected chi connectivity index (χ4v) is 4.36. The topological polar surface area (TPSA) is 34.4 Å². The Morgan fingerprint density at radius 1 is 1.12 bits per heavy atom. The SMILES string of the molecule is C#CCn1c(=NC(=O)c2cccc3ccccc23)sc2cccc(Cl)c21. The van der Waals surface area contributed by atoms with E-state index in [4.69, 9.17) is 18.0 Å². The molecule has 0 aliphatic rings. The van der Waals surface area contributed by atoms with Gasteiger partial charge in [0.25, 0.3) is 5.91 Å². The van der Waals surface area contributed by atoms with Crippen molar-refractivity contribution < 1.29 is 4.79 Å². The molecule has 126 valence electrons. The number of hydrogen-bond donors (Lipinski definition) is 0. The molecule has 0 saturated heterocycles. The van der Waals surface area contributed by atoms with Crippen molar-refractivity contribution in [2.24, 2.45) is 4.99 Å². The van der Waals surface area contributed by atoms with Crippen LogP contribution < -0.4 is 4.80 Å². The molecule has 0 fully saturated rings. The minimum absolute atomic E-state index is 0.296. The fraction of sp³-hybridized carbons (Fsp3) is 0.0476. The fourth-order valence-electron chi connectivity index (χ4n) is 2.97. The summed E-state index contributed by atoms with van der Waals surface area (Å²) in [5, 5.41) is 2.48. The van der Waals surface area contributed by atoms with Gasteiger partial charge in [-0.25, -0.2) is 0 Å². The van der Waals surface area contributed by atoms with Gasteiger partial charge in [-0.15, -0.1) is 6.42 Å². The summed E-state index contributed by atoms with van der Waals surface area (Å²) in [5.41, 5.74) is 1.38. The zero-order valence-electron chi connectivity index (χ0n) is 13.6. The molecular formula is C21H13ClN2OS. The first-order valence-corrected chi connectivity index (χ1v) is 9.16. The largest absolute Gasteiger partial charge is 0.303 e. The lowest BCUT2D eigenvalue weighted by Crippen LogP contribution is -2.16. The number of carbonyl (C=O) groups excluding carboxylic acids is 1. The number of terminal acetylenes is 1. The van der Waals surface area contributed by atoms with Crippen molar-refractivity contribution in [3.8, 4) is 12.3 Å². The maximum atomic E-state index is 12.9. The Labute approximate surface area is 159 Å². The summed E-state index contributed by atoms with van der Waals surface area (Å²) in [6.45, 7) is 0.297. The van der Waals surface area contributed by atoms with Crippen LogP contribution in [0.15, 0.2) is 65.7 Å². The van der Waals surface area contributed by atoms with E-state index in [-0.39, 0.29) is 5.91 Å². The molecule has 1 amide bonds. The normalized spacial score (nSPS) is 11.8. The van der Waals surface area contributed by atoms with Crippen LogP contribution in [-0.4, -0.2) is 10.5 Å². The first-order valence-electron chi connectivity index (χ1n) is 7.97. The monoisotopic (exact) mass is 376 g/mol. The molecule has 0 N–H and O–H groups in total. The molecule has 0 bridgehead atoms. The molecule has 0 radical (unpaired) electrons. The lowest BCUT2D eigenvalue weighted by atomic mass is 10.0. The van der Waals surface area contributed by atoms with Gasteiger partial charge >= 0.3 is 0 Å². The van der Waals surface area contributed by atoms with Crippen LogP contribution in [0.1, 0.15) is 10.4 Å². The quantitative estimate of drug-likeness (QED) is 0.459. The highest BCUT2D eigenvalue weighted by atomic mass is 35.5. The molecular weight excluding hydrogens is 364 g/mol. The van der Waals surface area contributed by atoms with Gasteiger partial charge in [-0.3, -0.25) is 4.79 Å². The van der Waals surface area contributed by atoms with Crippen LogP contribution in [0.3, 0.4) is 0 Å². The molecule has 3 aromatic carbocycles. The zero-order chi connectivity index (χ0) is 18.1. The molecule has 3 nitrogen and oxygen atoms in total. The summed E-state index contributed by atoms with van der Waals surface area (Å²) >= 11 is 7.74. The number of fused-ring (bicyclic) bond motifs is 2. The number of benzene rings is 3. The van der Waals surface area contributed by atoms with E-state index in [0.29, 0.717) is 21.9 Å². The van der Waals surface area contributed by atoms with E-state index in [1.54, 1.807) is 12.1 Å². The number of amides is 1. The Morgan fingerprint density at radius 2 is 1.88 bits per heavy atom. The molecule has 4 aromatic rings. The van der Waals surface area contributed by atoms with Crippen LogP contribution in [-0.2, 0) is 6.54 Å². The van der Waals surface area contributed by atoms with Crippen LogP contribution in [0.2, 0.25) is 5.02 Å². The second-order valence-corrected chi connectivity index (χ2v) is 7.12. The second-order valence-electron chi connectivity index (χ2n) is 5.71. The maximum absolute atomic E-state index is 12.9. The van der Waals surface area contributed by atoms with E-state index in [1.165, 1.54) is 11.3 Å². The van der Waals surface area contributed by atoms with Gasteiger partial charge in [-0.05, 0) is 29.0 Å². The van der Waals surface area contributed by atoms with Gasteiger partial charge in [0.05, 0.1) is 21.8 Å². The van der Waals surface area contributed by atoms with Crippen molar-refractivity contribution in [3.05, 3.63) is 76.1 Å². The molecule has 0 saturated carbocycles. The molecule has 0 aliphatic heterocycles. The molecule has 4 rings (SSSR count). The number of rotatable bonds is 2. The Balaban J connectivity index is 1.93. The summed E-state index contributed by atoms with van der Waals surface area (Å²) in [6.07, 6.45) is 5.51. The third kappa shape index (κ3) is 2.82. The summed E-state index contributed by atoms with van der Waals surface area (Å²) in [7, 11) is 0. The van der Waals surface area contributed by atoms with Crippen molar-refractivity contribution >= 4 is 49.8 Å². The number of halogens is 1. The minimum Gasteiger partial charge on any atom is -0.303 e. The van der Waals surface area contributed by atoms with Gasteiger partial charge < -0.3 is 4.57 Å². The zero-order valence-corrected chi connectivity index (χ0v) is 15.2. The standard InChI is InChI=1S/C21H13ClN2OS/c1-2-13-24-19-17(22)11-6-12-18(19)26-21(24)23-20(25)16-10-5-8-14-7-3-4-9-15(14)16/h1,3-12H,13H2. The predicted octanol–water partition coefficient (Wildman–Crippen LogP) is 4.88. The van der Waals surface area contributed by atoms with Gasteiger partial charge in [0, 0.05) is 5.56 Å². The molecule has 1 heterocycles. The van der Waals surface area contributed by atoms with Crippen LogP contribution >= 0.6 is 22.9 Å². The molecule has 1 aromatic heterocycles. The molecule has 0 unspecified atom stereocenters. The van der Waals surface area contributed by atoms with Crippen LogP contribution in [0, 0.1) is 12.3 Å². The minimum atomic E-state index is -0.296. The van der Waals surface area contributed by atoms with Gasteiger partial charge in [0.15, 0.2) is 4.80 Å². The smallest absolute Gasteiger partial charge is 0.280 e. The van der Waals surface area contributed by atoms with Crippen molar-refractivity contribution in [2.75, 3.05) is 0 Å². The number of carbonyl (C=O) groups is 1. The maximum Gasteiger partial charge on any atom is 0.280 e. The van der Waals surface area contributed by atoms with Gasteiger partial charge in [0.1, 0.15) is 0 Å². The van der Waals surface area contributed by atoms with E-state index >= 15 is 0 Å². The Hall–Kier alpha value is -2.87. The average molecular weight is 377 g/mol. The third-order valence-electron chi connectivity index (χ3n) is 4.12. The summed E-state index contributed by atoms with van der Waals surface area (Å²) < 4.78 is 2.75.